The molecule has 0 aliphatic rings. The first-order valence-corrected chi connectivity index (χ1v) is 4.54. The van der Waals surface area contributed by atoms with Gasteiger partial charge in [0.15, 0.2) is 5.56 Å². The first kappa shape index (κ1) is 13.2. The molecule has 1 aromatic rings. The van der Waals surface area contributed by atoms with Crippen LogP contribution in [0.15, 0.2) is 10.5 Å². The summed E-state index contributed by atoms with van der Waals surface area (Å²) in [6, 6.07) is 2.26. The molecule has 0 amide bonds. The summed E-state index contributed by atoms with van der Waals surface area (Å²) in [5.41, 5.74) is -0.476. The van der Waals surface area contributed by atoms with E-state index in [1.54, 1.807) is 0 Å². The predicted molar refractivity (Wildman–Crippen MR) is 50.0 cm³/mol. The minimum Gasteiger partial charge on any atom is -0.366 e. The average molecular weight is 312 g/mol. The fraction of sp³-hybridized carbons (Fsp3) is 0.143. The number of nitriles is 1. The second-order valence-corrected chi connectivity index (χ2v) is 3.42. The largest absolute Gasteiger partial charge is 0.575 e. The number of hydrogen-bond acceptors (Lipinski definition) is 5. The number of aromatic nitrogens is 1. The van der Waals surface area contributed by atoms with Crippen molar-refractivity contribution in [1.82, 2.24) is 4.98 Å². The molecule has 0 N–H and O–H groups in total. The monoisotopic (exact) mass is 311 g/mol. The maximum atomic E-state index is 11.9. The lowest BCUT2D eigenvalue weighted by Gasteiger charge is -2.06. The quantitative estimate of drug-likeness (QED) is 0.618. The predicted octanol–water partition coefficient (Wildman–Crippen LogP) is 2.52. The third-order valence-electron chi connectivity index (χ3n) is 1.43. The number of rotatable bonds is 2. The third kappa shape index (κ3) is 3.28. The summed E-state index contributed by atoms with van der Waals surface area (Å²) >= 11 is 2.66. The molecule has 0 fully saturated rings. The number of nitro groups is 1. The highest BCUT2D eigenvalue weighted by Crippen LogP contribution is 2.32. The van der Waals surface area contributed by atoms with Crippen LogP contribution in [0.2, 0.25) is 0 Å². The molecule has 0 aliphatic carbocycles. The van der Waals surface area contributed by atoms with Crippen molar-refractivity contribution in [2.45, 2.75) is 6.36 Å². The summed E-state index contributed by atoms with van der Waals surface area (Å²) in [6.07, 6.45) is -5.03. The van der Waals surface area contributed by atoms with Gasteiger partial charge in [-0.15, -0.1) is 13.2 Å². The van der Waals surface area contributed by atoms with E-state index in [9.17, 15) is 23.3 Å². The molecule has 0 bridgehead atoms. The molecule has 0 unspecified atom stereocenters. The van der Waals surface area contributed by atoms with E-state index in [1.807, 2.05) is 0 Å². The molecule has 0 radical (unpaired) electrons. The summed E-state index contributed by atoms with van der Waals surface area (Å²) in [4.78, 5) is 12.4. The van der Waals surface area contributed by atoms with Gasteiger partial charge < -0.3 is 14.9 Å². The molecule has 0 aliphatic heterocycles. The zero-order chi connectivity index (χ0) is 13.2. The fourth-order valence-corrected chi connectivity index (χ4v) is 1.26. The normalized spacial score (nSPS) is 10.8. The summed E-state index contributed by atoms with van der Waals surface area (Å²) in [5.74, 6) is -2.03. The number of pyridine rings is 1. The summed E-state index contributed by atoms with van der Waals surface area (Å²) in [5, 5.41) is 19.0. The second-order valence-electron chi connectivity index (χ2n) is 2.56. The molecule has 0 saturated carbocycles. The molecule has 1 heterocycles. The molecular formula is C7HBrF3N3O3. The zero-order valence-corrected chi connectivity index (χ0v) is 9.24. The number of alkyl halides is 3. The van der Waals surface area contributed by atoms with E-state index in [0.717, 1.165) is 6.07 Å². The number of halogens is 4. The van der Waals surface area contributed by atoms with Crippen molar-refractivity contribution in [2.24, 2.45) is 0 Å². The van der Waals surface area contributed by atoms with Gasteiger partial charge in [-0.2, -0.15) is 5.26 Å². The molecule has 1 rings (SSSR count). The maximum Gasteiger partial charge on any atom is 0.575 e. The average Bonchev–Trinajstić information content (AvgIpc) is 2.18. The number of nitrogens with zero attached hydrogens (tertiary/aromatic N) is 3. The Labute approximate surface area is 99.9 Å². The highest BCUT2D eigenvalue weighted by molar-refractivity contribution is 9.10. The van der Waals surface area contributed by atoms with Gasteiger partial charge in [0.05, 0.1) is 0 Å². The van der Waals surface area contributed by atoms with Gasteiger partial charge in [-0.05, 0) is 26.9 Å². The van der Waals surface area contributed by atoms with Crippen LogP contribution >= 0.6 is 15.9 Å². The Balaban J connectivity index is 3.31. The van der Waals surface area contributed by atoms with Gasteiger partial charge in [0.1, 0.15) is 10.5 Å². The zero-order valence-electron chi connectivity index (χ0n) is 7.66. The standard InChI is InChI=1S/C7HBrF3N3O3/c8-4-1-3(2-12)5(14(15)16)13-6(4)17-7(9,10)11/h1H. The van der Waals surface area contributed by atoms with E-state index >= 15 is 0 Å². The van der Waals surface area contributed by atoms with Crippen LogP contribution in [0.1, 0.15) is 5.56 Å². The minimum atomic E-state index is -5.03. The lowest BCUT2D eigenvalue weighted by Crippen LogP contribution is -2.18. The minimum absolute atomic E-state index is 0.308. The van der Waals surface area contributed by atoms with Gasteiger partial charge in [0, 0.05) is 4.98 Å². The summed E-state index contributed by atoms with van der Waals surface area (Å²) in [7, 11) is 0. The molecule has 1 aromatic heterocycles. The van der Waals surface area contributed by atoms with E-state index in [4.69, 9.17) is 5.26 Å². The molecule has 17 heavy (non-hydrogen) atoms. The topological polar surface area (TPSA) is 89.0 Å². The highest BCUT2D eigenvalue weighted by Gasteiger charge is 2.36. The van der Waals surface area contributed by atoms with E-state index in [0.29, 0.717) is 0 Å². The van der Waals surface area contributed by atoms with Crippen LogP contribution in [-0.4, -0.2) is 16.3 Å². The molecule has 90 valence electrons. The molecular weight excluding hydrogens is 311 g/mol. The Morgan fingerprint density at radius 3 is 2.59 bits per heavy atom. The third-order valence-corrected chi connectivity index (χ3v) is 2.00. The van der Waals surface area contributed by atoms with E-state index < -0.39 is 28.5 Å². The van der Waals surface area contributed by atoms with Gasteiger partial charge in [-0.3, -0.25) is 0 Å². The molecule has 0 aromatic carbocycles. The van der Waals surface area contributed by atoms with Crippen LogP contribution in [0.3, 0.4) is 0 Å². The Bertz CT molecular complexity index is 512. The van der Waals surface area contributed by atoms with Gasteiger partial charge in [-0.25, -0.2) is 0 Å². The van der Waals surface area contributed by atoms with Crippen LogP contribution in [-0.2, 0) is 0 Å². The van der Waals surface area contributed by atoms with Crippen LogP contribution in [0.5, 0.6) is 5.88 Å². The van der Waals surface area contributed by atoms with Gasteiger partial charge in [0.2, 0.25) is 0 Å². The Kier molecular flexibility index (Phi) is 3.52. The SMILES string of the molecule is N#Cc1cc(Br)c(OC(F)(F)F)nc1[N+](=O)[O-]. The Morgan fingerprint density at radius 2 is 2.18 bits per heavy atom. The molecule has 10 heteroatoms. The van der Waals surface area contributed by atoms with E-state index in [1.165, 1.54) is 6.07 Å². The Hall–Kier alpha value is -1.89. The molecule has 0 spiro atoms. The first-order valence-electron chi connectivity index (χ1n) is 3.75. The summed E-state index contributed by atoms with van der Waals surface area (Å²) in [6.45, 7) is 0. The van der Waals surface area contributed by atoms with Crippen LogP contribution < -0.4 is 4.74 Å². The van der Waals surface area contributed by atoms with Gasteiger partial charge >= 0.3 is 18.1 Å². The number of hydrogen-bond donors (Lipinski definition) is 0. The van der Waals surface area contributed by atoms with Gasteiger partial charge in [0.25, 0.3) is 0 Å². The molecule has 0 saturated heterocycles. The smallest absolute Gasteiger partial charge is 0.366 e. The van der Waals surface area contributed by atoms with Crippen molar-refractivity contribution >= 4 is 21.7 Å². The lowest BCUT2D eigenvalue weighted by molar-refractivity contribution is -0.390. The van der Waals surface area contributed by atoms with E-state index in [-0.39, 0.29) is 4.47 Å². The van der Waals surface area contributed by atoms with Crippen molar-refractivity contribution in [3.05, 3.63) is 26.2 Å². The molecule has 6 nitrogen and oxygen atoms in total. The fourth-order valence-electron chi connectivity index (χ4n) is 0.865. The maximum absolute atomic E-state index is 11.9. The van der Waals surface area contributed by atoms with E-state index in [2.05, 4.69) is 25.7 Å². The molecule has 0 atom stereocenters. The lowest BCUT2D eigenvalue weighted by atomic mass is 10.3. The van der Waals surface area contributed by atoms with Crippen molar-refractivity contribution in [3.63, 3.8) is 0 Å². The van der Waals surface area contributed by atoms with Gasteiger partial charge in [-0.1, -0.05) is 0 Å². The van der Waals surface area contributed by atoms with Crippen LogP contribution in [0.25, 0.3) is 0 Å². The van der Waals surface area contributed by atoms with Crippen molar-refractivity contribution in [2.75, 3.05) is 0 Å². The second kappa shape index (κ2) is 4.54. The highest BCUT2D eigenvalue weighted by atomic mass is 79.9. The van der Waals surface area contributed by atoms with Crippen molar-refractivity contribution < 1.29 is 22.8 Å². The van der Waals surface area contributed by atoms with Crippen LogP contribution in [0, 0.1) is 21.4 Å². The van der Waals surface area contributed by atoms with Crippen LogP contribution in [0.4, 0.5) is 19.0 Å². The Morgan fingerprint density at radius 1 is 1.59 bits per heavy atom. The number of ether oxygens (including phenoxy) is 1. The van der Waals surface area contributed by atoms with Crippen molar-refractivity contribution in [1.29, 1.82) is 5.26 Å². The summed E-state index contributed by atoms with van der Waals surface area (Å²) < 4.78 is 38.9. The first-order chi connectivity index (χ1) is 7.74. The van der Waals surface area contributed by atoms with Crippen molar-refractivity contribution in [3.8, 4) is 11.9 Å².